The number of nitrogens with one attached hydrogen (secondary N) is 1. The summed E-state index contributed by atoms with van der Waals surface area (Å²) in [4.78, 5) is 30.4. The van der Waals surface area contributed by atoms with Crippen LogP contribution in [0.5, 0.6) is 0 Å². The predicted molar refractivity (Wildman–Crippen MR) is 115 cm³/mol. The molecule has 0 saturated heterocycles. The van der Waals surface area contributed by atoms with Crippen LogP contribution in [-0.2, 0) is 17.9 Å². The zero-order valence-corrected chi connectivity index (χ0v) is 17.4. The second-order valence-corrected chi connectivity index (χ2v) is 7.65. The number of amides is 2. The number of thiophene rings is 1. The third-order valence-electron chi connectivity index (χ3n) is 4.65. The number of carbonyl (C=O) groups excluding carboxylic acids is 2. The third-order valence-corrected chi connectivity index (χ3v) is 5.51. The number of hydrogen-bond acceptors (Lipinski definition) is 5. The van der Waals surface area contributed by atoms with Gasteiger partial charge in [0, 0.05) is 18.5 Å². The van der Waals surface area contributed by atoms with E-state index in [9.17, 15) is 9.59 Å². The Balaban J connectivity index is 1.67. The monoisotopic (exact) mass is 411 g/mol. The molecule has 0 aliphatic heterocycles. The van der Waals surface area contributed by atoms with Crippen molar-refractivity contribution in [3.63, 3.8) is 0 Å². The Bertz CT molecular complexity index is 923. The van der Waals surface area contributed by atoms with Gasteiger partial charge in [-0.05, 0) is 42.3 Å². The van der Waals surface area contributed by atoms with Crippen LogP contribution in [0.1, 0.15) is 27.9 Å². The van der Waals surface area contributed by atoms with Gasteiger partial charge in [-0.3, -0.25) is 14.5 Å². The highest BCUT2D eigenvalue weighted by molar-refractivity contribution is 7.09. The fourth-order valence-corrected chi connectivity index (χ4v) is 3.71. The Labute approximate surface area is 174 Å². The van der Waals surface area contributed by atoms with Gasteiger partial charge in [0.2, 0.25) is 5.91 Å². The minimum Gasteiger partial charge on any atom is -0.467 e. The van der Waals surface area contributed by atoms with Crippen LogP contribution < -0.4 is 10.2 Å². The van der Waals surface area contributed by atoms with Crippen LogP contribution in [0.2, 0.25) is 0 Å². The maximum atomic E-state index is 12.9. The van der Waals surface area contributed by atoms with Gasteiger partial charge in [-0.15, -0.1) is 11.3 Å². The molecule has 0 radical (unpaired) electrons. The van der Waals surface area contributed by atoms with Crippen molar-refractivity contribution in [1.29, 1.82) is 0 Å². The summed E-state index contributed by atoms with van der Waals surface area (Å²) in [6.45, 7) is 4.12. The molecule has 0 fully saturated rings. The first-order valence-electron chi connectivity index (χ1n) is 9.49. The Hall–Kier alpha value is -2.90. The summed E-state index contributed by atoms with van der Waals surface area (Å²) >= 11 is 1.68. The summed E-state index contributed by atoms with van der Waals surface area (Å²) in [6, 6.07) is 14.8. The number of hydrogen-bond donors (Lipinski definition) is 1. The number of anilines is 1. The minimum absolute atomic E-state index is 0.0605. The van der Waals surface area contributed by atoms with E-state index >= 15 is 0 Å². The summed E-state index contributed by atoms with van der Waals surface area (Å²) in [6.07, 6.45) is 1.57. The SMILES string of the molecule is CCN(CC(=O)N(C)c1ccccc1C(=O)NCc1ccco1)Cc1cccs1. The maximum absolute atomic E-state index is 12.9. The molecule has 0 bridgehead atoms. The first-order chi connectivity index (χ1) is 14.1. The molecular formula is C22H25N3O3S. The van der Waals surface area contributed by atoms with Gasteiger partial charge in [0.1, 0.15) is 5.76 Å². The molecule has 6 nitrogen and oxygen atoms in total. The second kappa shape index (κ2) is 10.0. The smallest absolute Gasteiger partial charge is 0.253 e. The highest BCUT2D eigenvalue weighted by Gasteiger charge is 2.20. The number of likely N-dealkylation sites (N-methyl/N-ethyl adjacent to an activating group) is 2. The van der Waals surface area contributed by atoms with E-state index in [4.69, 9.17) is 4.42 Å². The zero-order valence-electron chi connectivity index (χ0n) is 16.6. The van der Waals surface area contributed by atoms with E-state index in [2.05, 4.69) is 16.3 Å². The van der Waals surface area contributed by atoms with Crippen LogP contribution >= 0.6 is 11.3 Å². The summed E-state index contributed by atoms with van der Waals surface area (Å²) in [5.41, 5.74) is 1.04. The first kappa shape index (κ1) is 20.8. The van der Waals surface area contributed by atoms with Crippen molar-refractivity contribution < 1.29 is 14.0 Å². The van der Waals surface area contributed by atoms with Gasteiger partial charge in [-0.25, -0.2) is 0 Å². The van der Waals surface area contributed by atoms with Crippen molar-refractivity contribution in [3.05, 3.63) is 76.4 Å². The quantitative estimate of drug-likeness (QED) is 0.582. The average molecular weight is 412 g/mol. The summed E-state index contributed by atoms with van der Waals surface area (Å²) in [5, 5.41) is 4.87. The van der Waals surface area contributed by atoms with Crippen LogP contribution in [0.4, 0.5) is 5.69 Å². The molecule has 0 aliphatic carbocycles. The highest BCUT2D eigenvalue weighted by Crippen LogP contribution is 2.20. The lowest BCUT2D eigenvalue weighted by atomic mass is 10.1. The molecule has 0 atom stereocenters. The topological polar surface area (TPSA) is 65.8 Å². The van der Waals surface area contributed by atoms with E-state index in [1.54, 1.807) is 59.9 Å². The lowest BCUT2D eigenvalue weighted by molar-refractivity contribution is -0.119. The van der Waals surface area contributed by atoms with Crippen LogP contribution in [-0.4, -0.2) is 36.9 Å². The van der Waals surface area contributed by atoms with Crippen molar-refractivity contribution in [1.82, 2.24) is 10.2 Å². The van der Waals surface area contributed by atoms with E-state index in [1.165, 1.54) is 4.88 Å². The molecule has 29 heavy (non-hydrogen) atoms. The summed E-state index contributed by atoms with van der Waals surface area (Å²) in [7, 11) is 1.71. The van der Waals surface area contributed by atoms with Crippen LogP contribution in [0, 0.1) is 0 Å². The Morgan fingerprint density at radius 2 is 1.93 bits per heavy atom. The van der Waals surface area contributed by atoms with E-state index in [-0.39, 0.29) is 18.4 Å². The number of furan rings is 1. The summed E-state index contributed by atoms with van der Waals surface area (Å²) < 4.78 is 5.25. The van der Waals surface area contributed by atoms with Gasteiger partial charge >= 0.3 is 0 Å². The zero-order chi connectivity index (χ0) is 20.6. The molecule has 1 aromatic carbocycles. The molecule has 0 unspecified atom stereocenters. The standard InChI is InChI=1S/C22H25N3O3S/c1-3-25(15-18-9-7-13-29-18)16-21(26)24(2)20-11-5-4-10-19(20)22(27)23-14-17-8-6-12-28-17/h4-13H,3,14-16H2,1-2H3,(H,23,27). The Morgan fingerprint density at radius 3 is 2.62 bits per heavy atom. The lowest BCUT2D eigenvalue weighted by Crippen LogP contribution is -2.39. The van der Waals surface area contributed by atoms with Gasteiger partial charge in [-0.2, -0.15) is 0 Å². The van der Waals surface area contributed by atoms with Crippen LogP contribution in [0.3, 0.4) is 0 Å². The second-order valence-electron chi connectivity index (χ2n) is 6.61. The van der Waals surface area contributed by atoms with E-state index in [0.29, 0.717) is 23.6 Å². The molecule has 0 saturated carbocycles. The molecule has 152 valence electrons. The largest absolute Gasteiger partial charge is 0.467 e. The van der Waals surface area contributed by atoms with E-state index < -0.39 is 0 Å². The lowest BCUT2D eigenvalue weighted by Gasteiger charge is -2.25. The molecule has 2 aromatic heterocycles. The normalized spacial score (nSPS) is 10.9. The molecule has 0 aliphatic rings. The van der Waals surface area contributed by atoms with E-state index in [0.717, 1.165) is 13.1 Å². The number of benzene rings is 1. The molecule has 7 heteroatoms. The van der Waals surface area contributed by atoms with Gasteiger partial charge in [0.05, 0.1) is 30.6 Å². The maximum Gasteiger partial charge on any atom is 0.253 e. The number of carbonyl (C=O) groups is 2. The fourth-order valence-electron chi connectivity index (χ4n) is 2.97. The van der Waals surface area contributed by atoms with Crippen LogP contribution in [0.25, 0.3) is 0 Å². The fraction of sp³-hybridized carbons (Fsp3) is 0.273. The Morgan fingerprint density at radius 1 is 1.10 bits per heavy atom. The van der Waals surface area contributed by atoms with E-state index in [1.807, 2.05) is 24.4 Å². The van der Waals surface area contributed by atoms with Crippen molar-refractivity contribution in [2.75, 3.05) is 25.0 Å². The molecule has 0 spiro atoms. The number of nitrogens with zero attached hydrogens (tertiary/aromatic N) is 2. The summed E-state index contributed by atoms with van der Waals surface area (Å²) in [5.74, 6) is 0.365. The molecular weight excluding hydrogens is 386 g/mol. The number of rotatable bonds is 9. The number of para-hydroxylation sites is 1. The van der Waals surface area contributed by atoms with Gasteiger partial charge in [-0.1, -0.05) is 25.1 Å². The molecule has 1 N–H and O–H groups in total. The van der Waals surface area contributed by atoms with Crippen molar-refractivity contribution in [3.8, 4) is 0 Å². The van der Waals surface area contributed by atoms with Crippen molar-refractivity contribution >= 4 is 28.8 Å². The predicted octanol–water partition coefficient (Wildman–Crippen LogP) is 3.76. The molecule has 3 aromatic rings. The highest BCUT2D eigenvalue weighted by atomic mass is 32.1. The van der Waals surface area contributed by atoms with Crippen molar-refractivity contribution in [2.24, 2.45) is 0 Å². The average Bonchev–Trinajstić information content (AvgIpc) is 3.45. The molecule has 2 heterocycles. The minimum atomic E-state index is -0.248. The van der Waals surface area contributed by atoms with Gasteiger partial charge in [0.15, 0.2) is 0 Å². The van der Waals surface area contributed by atoms with Gasteiger partial charge < -0.3 is 14.6 Å². The first-order valence-corrected chi connectivity index (χ1v) is 10.4. The third kappa shape index (κ3) is 5.56. The Kier molecular flexibility index (Phi) is 7.21. The van der Waals surface area contributed by atoms with Gasteiger partial charge in [0.25, 0.3) is 5.91 Å². The molecule has 3 rings (SSSR count). The van der Waals surface area contributed by atoms with Crippen LogP contribution in [0.15, 0.2) is 64.6 Å². The van der Waals surface area contributed by atoms with Crippen molar-refractivity contribution in [2.45, 2.75) is 20.0 Å². The molecule has 2 amide bonds.